The number of carbonyl (C=O) groups is 1. The molecule has 1 atom stereocenters. The fraction of sp³-hybridized carbons (Fsp3) is 0.545. The van der Waals surface area contributed by atoms with Crippen molar-refractivity contribution in [3.05, 3.63) is 21.1 Å². The lowest BCUT2D eigenvalue weighted by atomic mass is 10.2. The van der Waals surface area contributed by atoms with Crippen molar-refractivity contribution in [2.24, 2.45) is 0 Å². The maximum absolute atomic E-state index is 11.3. The summed E-state index contributed by atoms with van der Waals surface area (Å²) in [6, 6.07) is 1.50. The largest absolute Gasteiger partial charge is 0.379 e. The van der Waals surface area contributed by atoms with E-state index in [0.29, 0.717) is 23.1 Å². The van der Waals surface area contributed by atoms with Crippen molar-refractivity contribution in [2.75, 3.05) is 25.2 Å². The molecule has 1 aliphatic heterocycles. The predicted molar refractivity (Wildman–Crippen MR) is 68.6 cm³/mol. The first-order chi connectivity index (χ1) is 8.50. The molecule has 1 unspecified atom stereocenters. The summed E-state index contributed by atoms with van der Waals surface area (Å²) in [5.74, 6) is -0.148. The number of nitro groups is 1. The Balaban J connectivity index is 2.35. The second-order valence-electron chi connectivity index (χ2n) is 4.24. The van der Waals surface area contributed by atoms with Crippen LogP contribution in [0, 0.1) is 10.1 Å². The van der Waals surface area contributed by atoms with Crippen LogP contribution in [0.3, 0.4) is 0 Å². The fourth-order valence-corrected chi connectivity index (χ4v) is 2.98. The number of ketones is 1. The average molecular weight is 270 g/mol. The number of nitrogens with zero attached hydrogens (tertiary/aromatic N) is 2. The van der Waals surface area contributed by atoms with Crippen molar-refractivity contribution in [2.45, 2.75) is 19.4 Å². The summed E-state index contributed by atoms with van der Waals surface area (Å²) < 4.78 is 5.28. The molecule has 1 fully saturated rings. The topological polar surface area (TPSA) is 72.7 Å². The molecule has 0 aromatic carbocycles. The molecular formula is C11H14N2O4S. The Morgan fingerprint density at radius 1 is 1.67 bits per heavy atom. The third-order valence-corrected chi connectivity index (χ3v) is 4.33. The first-order valence-corrected chi connectivity index (χ1v) is 6.42. The molecule has 0 amide bonds. The molecule has 1 aromatic rings. The minimum atomic E-state index is -0.440. The molecule has 1 aliphatic rings. The molecule has 7 heteroatoms. The molecule has 98 valence electrons. The monoisotopic (exact) mass is 270 g/mol. The standard InChI is InChI=1S/C11H14N2O4S/c1-7(14)10-5-9(13(15)16)11(18-10)12(2)8-3-4-17-6-8/h5,8H,3-4,6H2,1-2H3. The molecule has 1 aromatic heterocycles. The number of likely N-dealkylation sites (N-methyl/N-ethyl adjacent to an activating group) is 1. The Hall–Kier alpha value is -1.47. The van der Waals surface area contributed by atoms with Gasteiger partial charge in [-0.2, -0.15) is 0 Å². The summed E-state index contributed by atoms with van der Waals surface area (Å²) in [7, 11) is 1.81. The number of rotatable bonds is 4. The first kappa shape index (κ1) is 13.0. The summed E-state index contributed by atoms with van der Waals surface area (Å²) in [5.41, 5.74) is -0.000370. The number of Topliss-reactive ketones (excluding diaryl/α,β-unsaturated/α-hetero) is 1. The average Bonchev–Trinajstić information content (AvgIpc) is 2.97. The third kappa shape index (κ3) is 2.37. The van der Waals surface area contributed by atoms with Crippen LogP contribution >= 0.6 is 11.3 Å². The van der Waals surface area contributed by atoms with Gasteiger partial charge in [0.25, 0.3) is 0 Å². The van der Waals surface area contributed by atoms with Gasteiger partial charge in [-0.05, 0) is 13.3 Å². The normalized spacial score (nSPS) is 18.9. The van der Waals surface area contributed by atoms with Crippen molar-refractivity contribution < 1.29 is 14.5 Å². The number of anilines is 1. The molecule has 0 spiro atoms. The van der Waals surface area contributed by atoms with Crippen molar-refractivity contribution in [1.82, 2.24) is 0 Å². The van der Waals surface area contributed by atoms with E-state index in [2.05, 4.69) is 0 Å². The molecule has 0 aliphatic carbocycles. The number of ether oxygens (including phenoxy) is 1. The lowest BCUT2D eigenvalue weighted by Gasteiger charge is -2.22. The summed E-state index contributed by atoms with van der Waals surface area (Å²) >= 11 is 1.17. The lowest BCUT2D eigenvalue weighted by Crippen LogP contribution is -2.31. The third-order valence-electron chi connectivity index (χ3n) is 3.01. The number of carbonyl (C=O) groups excluding carboxylic acids is 1. The summed E-state index contributed by atoms with van der Waals surface area (Å²) in [4.78, 5) is 24.2. The Morgan fingerprint density at radius 3 is 2.89 bits per heavy atom. The van der Waals surface area contributed by atoms with Gasteiger partial charge in [0, 0.05) is 19.7 Å². The van der Waals surface area contributed by atoms with E-state index in [1.165, 1.54) is 24.3 Å². The fourth-order valence-electron chi connectivity index (χ4n) is 1.92. The quantitative estimate of drug-likeness (QED) is 0.476. The van der Waals surface area contributed by atoms with E-state index in [-0.39, 0.29) is 17.5 Å². The van der Waals surface area contributed by atoms with Gasteiger partial charge in [0.1, 0.15) is 0 Å². The molecule has 0 radical (unpaired) electrons. The first-order valence-electron chi connectivity index (χ1n) is 5.60. The molecule has 1 saturated heterocycles. The predicted octanol–water partition coefficient (Wildman–Crippen LogP) is 2.08. The van der Waals surface area contributed by atoms with Crippen LogP contribution in [-0.2, 0) is 4.74 Å². The van der Waals surface area contributed by atoms with Gasteiger partial charge in [-0.3, -0.25) is 14.9 Å². The van der Waals surface area contributed by atoms with E-state index in [4.69, 9.17) is 4.74 Å². The smallest absolute Gasteiger partial charge is 0.304 e. The Morgan fingerprint density at radius 2 is 2.39 bits per heavy atom. The van der Waals surface area contributed by atoms with Gasteiger partial charge in [0.2, 0.25) is 0 Å². The second kappa shape index (κ2) is 5.03. The lowest BCUT2D eigenvalue weighted by molar-refractivity contribution is -0.383. The zero-order valence-corrected chi connectivity index (χ0v) is 11.0. The molecule has 6 nitrogen and oxygen atoms in total. The molecular weight excluding hydrogens is 256 g/mol. The minimum absolute atomic E-state index is 0.000370. The van der Waals surface area contributed by atoms with Gasteiger partial charge in [-0.25, -0.2) is 0 Å². The molecule has 0 saturated carbocycles. The van der Waals surface area contributed by atoms with Gasteiger partial charge in [-0.1, -0.05) is 0 Å². The van der Waals surface area contributed by atoms with E-state index in [0.717, 1.165) is 6.42 Å². The van der Waals surface area contributed by atoms with Gasteiger partial charge in [0.05, 0.1) is 22.4 Å². The van der Waals surface area contributed by atoms with E-state index in [1.807, 2.05) is 11.9 Å². The highest BCUT2D eigenvalue weighted by molar-refractivity contribution is 7.18. The van der Waals surface area contributed by atoms with Gasteiger partial charge in [-0.15, -0.1) is 11.3 Å². The van der Waals surface area contributed by atoms with Crippen LogP contribution in [0.1, 0.15) is 23.0 Å². The Labute approximate surface area is 108 Å². The van der Waals surface area contributed by atoms with E-state index < -0.39 is 4.92 Å². The van der Waals surface area contributed by atoms with Crippen LogP contribution in [0.2, 0.25) is 0 Å². The summed E-state index contributed by atoms with van der Waals surface area (Å²) in [6.45, 7) is 2.66. The van der Waals surface area contributed by atoms with Crippen LogP contribution in [0.15, 0.2) is 6.07 Å². The maximum atomic E-state index is 11.3. The van der Waals surface area contributed by atoms with Crippen LogP contribution in [0.5, 0.6) is 0 Å². The zero-order chi connectivity index (χ0) is 13.3. The number of hydrogen-bond donors (Lipinski definition) is 0. The summed E-state index contributed by atoms with van der Waals surface area (Å²) in [5, 5.41) is 11.5. The minimum Gasteiger partial charge on any atom is -0.379 e. The number of hydrogen-bond acceptors (Lipinski definition) is 6. The second-order valence-corrected chi connectivity index (χ2v) is 5.27. The molecule has 18 heavy (non-hydrogen) atoms. The van der Waals surface area contributed by atoms with E-state index in [9.17, 15) is 14.9 Å². The van der Waals surface area contributed by atoms with Crippen LogP contribution in [0.25, 0.3) is 0 Å². The molecule has 0 N–H and O–H groups in total. The molecule has 2 heterocycles. The van der Waals surface area contributed by atoms with Crippen molar-refractivity contribution in [1.29, 1.82) is 0 Å². The highest BCUT2D eigenvalue weighted by atomic mass is 32.1. The van der Waals surface area contributed by atoms with Gasteiger partial charge >= 0.3 is 5.69 Å². The highest BCUT2D eigenvalue weighted by Gasteiger charge is 2.29. The van der Waals surface area contributed by atoms with Crippen molar-refractivity contribution in [3.63, 3.8) is 0 Å². The number of thiophene rings is 1. The van der Waals surface area contributed by atoms with Crippen LogP contribution < -0.4 is 4.90 Å². The van der Waals surface area contributed by atoms with E-state index >= 15 is 0 Å². The van der Waals surface area contributed by atoms with Crippen LogP contribution in [-0.4, -0.2) is 37.0 Å². The Kier molecular flexibility index (Phi) is 3.63. The van der Waals surface area contributed by atoms with Gasteiger partial charge in [0.15, 0.2) is 10.8 Å². The SMILES string of the molecule is CC(=O)c1cc([N+](=O)[O-])c(N(C)C2CCOC2)s1. The highest BCUT2D eigenvalue weighted by Crippen LogP contribution is 2.38. The van der Waals surface area contributed by atoms with Gasteiger partial charge < -0.3 is 9.64 Å². The Bertz CT molecular complexity index is 479. The zero-order valence-electron chi connectivity index (χ0n) is 10.2. The molecule has 2 rings (SSSR count). The van der Waals surface area contributed by atoms with E-state index in [1.54, 1.807) is 0 Å². The maximum Gasteiger partial charge on any atom is 0.304 e. The van der Waals surface area contributed by atoms with Crippen LogP contribution in [0.4, 0.5) is 10.7 Å². The van der Waals surface area contributed by atoms with Crippen molar-refractivity contribution >= 4 is 27.8 Å². The summed E-state index contributed by atoms with van der Waals surface area (Å²) in [6.07, 6.45) is 0.848. The van der Waals surface area contributed by atoms with Crippen molar-refractivity contribution in [3.8, 4) is 0 Å². The molecule has 0 bridgehead atoms.